The van der Waals surface area contributed by atoms with E-state index in [0.717, 1.165) is 18.4 Å². The number of piperidine rings is 1. The molecule has 0 bridgehead atoms. The number of ether oxygens (including phenoxy) is 1. The van der Waals surface area contributed by atoms with Crippen LogP contribution in [0.3, 0.4) is 0 Å². The summed E-state index contributed by atoms with van der Waals surface area (Å²) in [5, 5.41) is 0. The molecule has 6 heteroatoms. The molecule has 2 unspecified atom stereocenters. The lowest BCUT2D eigenvalue weighted by Gasteiger charge is -2.40. The molecule has 1 amide bonds. The quantitative estimate of drug-likeness (QED) is 0.787. The topological polar surface area (TPSA) is 64.4 Å². The van der Waals surface area contributed by atoms with Gasteiger partial charge in [0.05, 0.1) is 17.9 Å². The van der Waals surface area contributed by atoms with Gasteiger partial charge in [-0.25, -0.2) is 9.78 Å². The smallest absolute Gasteiger partial charge is 0.339 e. The molecule has 0 radical (unpaired) electrons. The van der Waals surface area contributed by atoms with Gasteiger partial charge in [-0.3, -0.25) is 4.79 Å². The van der Waals surface area contributed by atoms with Crippen LogP contribution in [0.15, 0.2) is 43.0 Å². The average Bonchev–Trinajstić information content (AvgIpc) is 3.16. The number of aromatic nitrogens is 2. The molecule has 4 rings (SSSR count). The first kappa shape index (κ1) is 15.9. The number of fused-ring (bicyclic) bond motifs is 1. The molecule has 2 aromatic rings. The van der Waals surface area contributed by atoms with Crippen molar-refractivity contribution in [2.24, 2.45) is 0 Å². The molecule has 1 aromatic carbocycles. The van der Waals surface area contributed by atoms with Crippen molar-refractivity contribution >= 4 is 11.9 Å². The lowest BCUT2D eigenvalue weighted by Crippen LogP contribution is -2.55. The maximum absolute atomic E-state index is 13.2. The van der Waals surface area contributed by atoms with Gasteiger partial charge >= 0.3 is 5.97 Å². The van der Waals surface area contributed by atoms with E-state index in [1.807, 2.05) is 33.9 Å². The molecular formula is C19H21N3O3. The second-order valence-electron chi connectivity index (χ2n) is 7.01. The van der Waals surface area contributed by atoms with Gasteiger partial charge in [0.2, 0.25) is 0 Å². The highest BCUT2D eigenvalue weighted by Gasteiger charge is 2.45. The van der Waals surface area contributed by atoms with Gasteiger partial charge < -0.3 is 14.2 Å². The zero-order valence-corrected chi connectivity index (χ0v) is 14.2. The minimum Gasteiger partial charge on any atom is -0.445 e. The highest BCUT2D eigenvalue weighted by molar-refractivity contribution is 5.97. The Morgan fingerprint density at radius 1 is 1.36 bits per heavy atom. The number of carbonyl (C=O) groups is 2. The lowest BCUT2D eigenvalue weighted by molar-refractivity contribution is -0.152. The average molecular weight is 339 g/mol. The van der Waals surface area contributed by atoms with Crippen molar-refractivity contribution in [3.05, 3.63) is 54.1 Å². The van der Waals surface area contributed by atoms with Crippen LogP contribution in [-0.2, 0) is 16.0 Å². The van der Waals surface area contributed by atoms with Crippen molar-refractivity contribution in [2.75, 3.05) is 13.1 Å². The van der Waals surface area contributed by atoms with E-state index in [4.69, 9.17) is 4.74 Å². The highest BCUT2D eigenvalue weighted by atomic mass is 16.6. The molecule has 0 saturated carbocycles. The molecule has 3 heterocycles. The summed E-state index contributed by atoms with van der Waals surface area (Å²) in [5.41, 5.74) is 0.294. The summed E-state index contributed by atoms with van der Waals surface area (Å²) >= 11 is 0. The van der Waals surface area contributed by atoms with E-state index in [0.29, 0.717) is 25.1 Å². The third kappa shape index (κ3) is 2.81. The molecule has 0 spiro atoms. The zero-order chi connectivity index (χ0) is 17.4. The van der Waals surface area contributed by atoms with Gasteiger partial charge in [0.1, 0.15) is 0 Å². The summed E-state index contributed by atoms with van der Waals surface area (Å²) < 4.78 is 7.64. The largest absolute Gasteiger partial charge is 0.445 e. The molecule has 1 aromatic heterocycles. The maximum Gasteiger partial charge on any atom is 0.339 e. The predicted molar refractivity (Wildman–Crippen MR) is 91.0 cm³/mol. The van der Waals surface area contributed by atoms with Crippen molar-refractivity contribution in [2.45, 2.75) is 37.8 Å². The number of esters is 1. The molecule has 0 N–H and O–H groups in total. The van der Waals surface area contributed by atoms with Gasteiger partial charge in [0.25, 0.3) is 5.91 Å². The van der Waals surface area contributed by atoms with Crippen molar-refractivity contribution in [3.63, 3.8) is 0 Å². The standard InChI is InChI=1S/C19H21N3O3/c1-19(11-14-5-2-3-7-16(14)17(23)25-19)18(24)21-9-4-6-15(12-21)22-10-8-20-13-22/h2-3,5,7-8,10,13,15H,4,6,9,11-12H2,1H3. The number of cyclic esters (lactones) is 1. The third-order valence-corrected chi connectivity index (χ3v) is 5.17. The van der Waals surface area contributed by atoms with Crippen LogP contribution in [-0.4, -0.2) is 45.0 Å². The Morgan fingerprint density at radius 2 is 2.20 bits per heavy atom. The number of likely N-dealkylation sites (tertiary alicyclic amines) is 1. The summed E-state index contributed by atoms with van der Waals surface area (Å²) in [4.78, 5) is 31.4. The van der Waals surface area contributed by atoms with Crippen molar-refractivity contribution in [1.29, 1.82) is 0 Å². The highest BCUT2D eigenvalue weighted by Crippen LogP contribution is 2.31. The molecule has 1 saturated heterocycles. The molecule has 2 aliphatic rings. The van der Waals surface area contributed by atoms with E-state index < -0.39 is 11.6 Å². The summed E-state index contributed by atoms with van der Waals surface area (Å²) in [6.45, 7) is 3.03. The van der Waals surface area contributed by atoms with Crippen molar-refractivity contribution in [3.8, 4) is 0 Å². The van der Waals surface area contributed by atoms with Gasteiger partial charge in [0, 0.05) is 31.9 Å². The molecular weight excluding hydrogens is 318 g/mol. The number of nitrogens with zero attached hydrogens (tertiary/aromatic N) is 3. The Kier molecular flexibility index (Phi) is 3.82. The number of rotatable bonds is 2. The van der Waals surface area contributed by atoms with Crippen LogP contribution < -0.4 is 0 Å². The van der Waals surface area contributed by atoms with Gasteiger partial charge in [0.15, 0.2) is 5.60 Å². The summed E-state index contributed by atoms with van der Waals surface area (Å²) in [5.74, 6) is -0.527. The van der Waals surface area contributed by atoms with E-state index >= 15 is 0 Å². The molecule has 0 aliphatic carbocycles. The van der Waals surface area contributed by atoms with E-state index in [9.17, 15) is 9.59 Å². The van der Waals surface area contributed by atoms with Crippen molar-refractivity contribution in [1.82, 2.24) is 14.5 Å². The van der Waals surface area contributed by atoms with Crippen LogP contribution in [0.2, 0.25) is 0 Å². The van der Waals surface area contributed by atoms with Crippen LogP contribution in [0, 0.1) is 0 Å². The monoisotopic (exact) mass is 339 g/mol. The number of carbonyl (C=O) groups excluding carboxylic acids is 2. The van der Waals surface area contributed by atoms with Gasteiger partial charge in [-0.1, -0.05) is 18.2 Å². The van der Waals surface area contributed by atoms with Gasteiger partial charge in [-0.15, -0.1) is 0 Å². The Hall–Kier alpha value is -2.63. The number of amides is 1. The SMILES string of the molecule is CC1(C(=O)N2CCCC(n3ccnc3)C2)Cc2ccccc2C(=O)O1. The predicted octanol–water partition coefficient (Wildman–Crippen LogP) is 2.22. The Labute approximate surface area is 146 Å². The number of imidazole rings is 1. The van der Waals surface area contributed by atoms with E-state index in [-0.39, 0.29) is 11.9 Å². The summed E-state index contributed by atoms with van der Waals surface area (Å²) in [6, 6.07) is 7.56. The molecule has 2 aliphatic heterocycles. The first-order valence-electron chi connectivity index (χ1n) is 8.65. The Bertz CT molecular complexity index is 802. The van der Waals surface area contributed by atoms with E-state index in [1.54, 1.807) is 25.5 Å². The molecule has 25 heavy (non-hydrogen) atoms. The zero-order valence-electron chi connectivity index (χ0n) is 14.2. The van der Waals surface area contributed by atoms with Gasteiger partial charge in [-0.2, -0.15) is 0 Å². The first-order valence-corrected chi connectivity index (χ1v) is 8.65. The molecule has 1 fully saturated rings. The van der Waals surface area contributed by atoms with Crippen LogP contribution in [0.4, 0.5) is 0 Å². The van der Waals surface area contributed by atoms with Crippen LogP contribution >= 0.6 is 0 Å². The third-order valence-electron chi connectivity index (χ3n) is 5.17. The fourth-order valence-corrected chi connectivity index (χ4v) is 3.85. The second-order valence-corrected chi connectivity index (χ2v) is 7.01. The molecule has 130 valence electrons. The number of hydrogen-bond acceptors (Lipinski definition) is 4. The van der Waals surface area contributed by atoms with Crippen LogP contribution in [0.5, 0.6) is 0 Å². The number of hydrogen-bond donors (Lipinski definition) is 0. The van der Waals surface area contributed by atoms with Crippen LogP contribution in [0.25, 0.3) is 0 Å². The van der Waals surface area contributed by atoms with E-state index in [1.165, 1.54) is 0 Å². The van der Waals surface area contributed by atoms with E-state index in [2.05, 4.69) is 4.98 Å². The molecule has 2 atom stereocenters. The minimum atomic E-state index is -1.14. The normalized spacial score (nSPS) is 26.0. The lowest BCUT2D eigenvalue weighted by atomic mass is 9.88. The van der Waals surface area contributed by atoms with Crippen molar-refractivity contribution < 1.29 is 14.3 Å². The second kappa shape index (κ2) is 6.02. The Balaban J connectivity index is 1.55. The molecule has 6 nitrogen and oxygen atoms in total. The van der Waals surface area contributed by atoms with Crippen LogP contribution in [0.1, 0.15) is 41.7 Å². The fraction of sp³-hybridized carbons (Fsp3) is 0.421. The van der Waals surface area contributed by atoms with Gasteiger partial charge in [-0.05, 0) is 31.4 Å². The minimum absolute atomic E-state index is 0.111. The Morgan fingerprint density at radius 3 is 3.00 bits per heavy atom. The number of benzene rings is 1. The summed E-state index contributed by atoms with van der Waals surface area (Å²) in [6.07, 6.45) is 7.82. The first-order chi connectivity index (χ1) is 12.1. The summed E-state index contributed by atoms with van der Waals surface area (Å²) in [7, 11) is 0. The fourth-order valence-electron chi connectivity index (χ4n) is 3.85. The maximum atomic E-state index is 13.2.